The number of hydrogen-bond acceptors (Lipinski definition) is 2. The van der Waals surface area contributed by atoms with Crippen LogP contribution in [0.3, 0.4) is 0 Å². The van der Waals surface area contributed by atoms with Crippen molar-refractivity contribution in [1.29, 1.82) is 0 Å². The predicted molar refractivity (Wildman–Crippen MR) is 50.1 cm³/mol. The minimum absolute atomic E-state index is 0.251. The van der Waals surface area contributed by atoms with Crippen molar-refractivity contribution < 1.29 is 4.39 Å². The van der Waals surface area contributed by atoms with Gasteiger partial charge in [0.05, 0.1) is 0 Å². The Balaban J connectivity index is 0.000000261. The first-order chi connectivity index (χ1) is 5.70. The lowest BCUT2D eigenvalue weighted by atomic mass is 10.3. The maximum Gasteiger partial charge on any atom is 0.123 e. The smallest absolute Gasteiger partial charge is 0.123 e. The zero-order valence-electron chi connectivity index (χ0n) is 6.83. The molecular formula is C9H13FN2. The van der Waals surface area contributed by atoms with Crippen LogP contribution in [0.25, 0.3) is 0 Å². The molecule has 0 bridgehead atoms. The van der Waals surface area contributed by atoms with Gasteiger partial charge in [-0.1, -0.05) is 6.08 Å². The molecule has 0 radical (unpaired) electrons. The van der Waals surface area contributed by atoms with Crippen molar-refractivity contribution in [3.63, 3.8) is 0 Å². The molecule has 0 aliphatic carbocycles. The summed E-state index contributed by atoms with van der Waals surface area (Å²) >= 11 is 0. The van der Waals surface area contributed by atoms with E-state index in [-0.39, 0.29) is 5.82 Å². The van der Waals surface area contributed by atoms with Gasteiger partial charge in [0.25, 0.3) is 0 Å². The van der Waals surface area contributed by atoms with Gasteiger partial charge in [-0.25, -0.2) is 4.39 Å². The molecule has 0 aliphatic heterocycles. The fraction of sp³-hybridized carbons (Fsp3) is 0.111. The zero-order valence-corrected chi connectivity index (χ0v) is 6.83. The summed E-state index contributed by atoms with van der Waals surface area (Å²) in [5.41, 5.74) is 10.8. The summed E-state index contributed by atoms with van der Waals surface area (Å²) in [6, 6.07) is 5.70. The molecule has 1 aromatic carbocycles. The molecule has 3 heteroatoms. The SMILES string of the molecule is C=CCN.Nc1ccc(F)cc1. The predicted octanol–water partition coefficient (Wildman–Crippen LogP) is 1.54. The molecule has 0 atom stereocenters. The first kappa shape index (κ1) is 10.7. The molecule has 4 N–H and O–H groups in total. The monoisotopic (exact) mass is 168 g/mol. The van der Waals surface area contributed by atoms with Crippen molar-refractivity contribution in [1.82, 2.24) is 0 Å². The quantitative estimate of drug-likeness (QED) is 0.493. The highest BCUT2D eigenvalue weighted by Crippen LogP contribution is 2.01. The lowest BCUT2D eigenvalue weighted by molar-refractivity contribution is 0.628. The highest BCUT2D eigenvalue weighted by molar-refractivity contribution is 5.36. The number of nitrogens with two attached hydrogens (primary N) is 2. The average molecular weight is 168 g/mol. The van der Waals surface area contributed by atoms with Crippen LogP contribution in [0.5, 0.6) is 0 Å². The van der Waals surface area contributed by atoms with Gasteiger partial charge >= 0.3 is 0 Å². The van der Waals surface area contributed by atoms with Gasteiger partial charge in [0.2, 0.25) is 0 Å². The van der Waals surface area contributed by atoms with E-state index in [1.807, 2.05) is 0 Å². The Morgan fingerprint density at radius 3 is 2.00 bits per heavy atom. The number of halogens is 1. The van der Waals surface area contributed by atoms with Crippen molar-refractivity contribution in [2.24, 2.45) is 5.73 Å². The number of hydrogen-bond donors (Lipinski definition) is 2. The van der Waals surface area contributed by atoms with E-state index < -0.39 is 0 Å². The Hall–Kier alpha value is -1.35. The highest BCUT2D eigenvalue weighted by Gasteiger charge is 1.83. The maximum absolute atomic E-state index is 12.0. The van der Waals surface area contributed by atoms with Crippen LogP contribution in [-0.2, 0) is 0 Å². The van der Waals surface area contributed by atoms with Gasteiger partial charge in [0, 0.05) is 12.2 Å². The van der Waals surface area contributed by atoms with Crippen LogP contribution in [0.2, 0.25) is 0 Å². The van der Waals surface area contributed by atoms with Crippen LogP contribution in [0.1, 0.15) is 0 Å². The molecule has 0 saturated carbocycles. The molecule has 66 valence electrons. The lowest BCUT2D eigenvalue weighted by Gasteiger charge is -1.87. The summed E-state index contributed by atoms with van der Waals surface area (Å²) in [4.78, 5) is 0. The largest absolute Gasteiger partial charge is 0.399 e. The third-order valence-corrected chi connectivity index (χ3v) is 1.04. The van der Waals surface area contributed by atoms with E-state index >= 15 is 0 Å². The highest BCUT2D eigenvalue weighted by atomic mass is 19.1. The maximum atomic E-state index is 12.0. The second kappa shape index (κ2) is 6.37. The van der Waals surface area contributed by atoms with E-state index in [0.29, 0.717) is 12.2 Å². The van der Waals surface area contributed by atoms with Crippen LogP contribution in [0.4, 0.5) is 10.1 Å². The first-order valence-electron chi connectivity index (χ1n) is 3.52. The molecule has 0 aromatic heterocycles. The number of nitrogen functional groups attached to an aromatic ring is 1. The number of benzene rings is 1. The molecule has 0 heterocycles. The van der Waals surface area contributed by atoms with Crippen molar-refractivity contribution in [2.75, 3.05) is 12.3 Å². The molecular weight excluding hydrogens is 155 g/mol. The molecule has 0 aliphatic rings. The van der Waals surface area contributed by atoms with Crippen molar-refractivity contribution >= 4 is 5.69 Å². The molecule has 0 unspecified atom stereocenters. The lowest BCUT2D eigenvalue weighted by Crippen LogP contribution is -1.90. The molecule has 0 amide bonds. The molecule has 1 rings (SSSR count). The zero-order chi connectivity index (χ0) is 9.40. The summed E-state index contributed by atoms with van der Waals surface area (Å²) in [7, 11) is 0. The van der Waals surface area contributed by atoms with E-state index in [1.54, 1.807) is 6.08 Å². The topological polar surface area (TPSA) is 52.0 Å². The van der Waals surface area contributed by atoms with Crippen LogP contribution in [-0.4, -0.2) is 6.54 Å². The van der Waals surface area contributed by atoms with Crippen LogP contribution >= 0.6 is 0 Å². The Bertz CT molecular complexity index is 197. The van der Waals surface area contributed by atoms with E-state index in [1.165, 1.54) is 24.3 Å². The Morgan fingerprint density at radius 1 is 1.33 bits per heavy atom. The van der Waals surface area contributed by atoms with Gasteiger partial charge < -0.3 is 11.5 Å². The minimum Gasteiger partial charge on any atom is -0.399 e. The summed E-state index contributed by atoms with van der Waals surface area (Å²) in [6.45, 7) is 3.94. The van der Waals surface area contributed by atoms with Gasteiger partial charge in [-0.15, -0.1) is 6.58 Å². The normalized spacial score (nSPS) is 8.17. The fourth-order valence-corrected chi connectivity index (χ4v) is 0.463. The Labute approximate surface area is 71.7 Å². The minimum atomic E-state index is -0.251. The molecule has 0 saturated heterocycles. The Kier molecular flexibility index (Phi) is 5.65. The third-order valence-electron chi connectivity index (χ3n) is 1.04. The van der Waals surface area contributed by atoms with Gasteiger partial charge in [0.1, 0.15) is 5.82 Å². The van der Waals surface area contributed by atoms with Crippen LogP contribution in [0, 0.1) is 5.82 Å². The number of rotatable bonds is 1. The summed E-state index contributed by atoms with van der Waals surface area (Å²) < 4.78 is 12.0. The molecule has 2 nitrogen and oxygen atoms in total. The fourth-order valence-electron chi connectivity index (χ4n) is 0.463. The summed E-state index contributed by atoms with van der Waals surface area (Å²) in [6.07, 6.45) is 1.65. The molecule has 0 fully saturated rings. The van der Waals surface area contributed by atoms with Gasteiger partial charge in [-0.3, -0.25) is 0 Å². The van der Waals surface area contributed by atoms with Crippen molar-refractivity contribution in [2.45, 2.75) is 0 Å². The van der Waals surface area contributed by atoms with Crippen LogP contribution in [0.15, 0.2) is 36.9 Å². The second-order valence-electron chi connectivity index (χ2n) is 2.08. The summed E-state index contributed by atoms with van der Waals surface area (Å²) in [5, 5.41) is 0. The molecule has 12 heavy (non-hydrogen) atoms. The summed E-state index contributed by atoms with van der Waals surface area (Å²) in [5.74, 6) is -0.251. The van der Waals surface area contributed by atoms with E-state index in [2.05, 4.69) is 6.58 Å². The Morgan fingerprint density at radius 2 is 1.75 bits per heavy atom. The third kappa shape index (κ3) is 5.44. The standard InChI is InChI=1S/C6H6FN.C3H7N/c7-5-1-3-6(8)4-2-5;1-2-3-4/h1-4H,8H2;2H,1,3-4H2. The average Bonchev–Trinajstić information content (AvgIpc) is 2.11. The van der Waals surface area contributed by atoms with Gasteiger partial charge in [-0.2, -0.15) is 0 Å². The second-order valence-corrected chi connectivity index (χ2v) is 2.08. The van der Waals surface area contributed by atoms with Gasteiger partial charge in [-0.05, 0) is 24.3 Å². The van der Waals surface area contributed by atoms with E-state index in [9.17, 15) is 4.39 Å². The molecule has 1 aromatic rings. The van der Waals surface area contributed by atoms with Crippen molar-refractivity contribution in [3.8, 4) is 0 Å². The number of anilines is 1. The van der Waals surface area contributed by atoms with Crippen molar-refractivity contribution in [3.05, 3.63) is 42.7 Å². The van der Waals surface area contributed by atoms with E-state index in [0.717, 1.165) is 0 Å². The first-order valence-corrected chi connectivity index (χ1v) is 3.52. The van der Waals surface area contributed by atoms with E-state index in [4.69, 9.17) is 11.5 Å². The molecule has 0 spiro atoms. The van der Waals surface area contributed by atoms with Gasteiger partial charge in [0.15, 0.2) is 0 Å². The van der Waals surface area contributed by atoms with Crippen LogP contribution < -0.4 is 11.5 Å².